The number of nitrogens with one attached hydrogen (secondary N) is 1. The molecule has 0 amide bonds. The van der Waals surface area contributed by atoms with Crippen molar-refractivity contribution in [1.82, 2.24) is 10.3 Å². The Morgan fingerprint density at radius 1 is 1.35 bits per heavy atom. The molecule has 0 aliphatic heterocycles. The highest BCUT2D eigenvalue weighted by atomic mass is 16.5. The summed E-state index contributed by atoms with van der Waals surface area (Å²) in [6.07, 6.45) is 1.80. The van der Waals surface area contributed by atoms with Crippen LogP contribution in [0.1, 0.15) is 19.4 Å². The van der Waals surface area contributed by atoms with Crippen LogP contribution in [0.5, 0.6) is 0 Å². The Hall–Kier alpha value is -1.94. The number of hydrogen-bond donors (Lipinski definition) is 1. The minimum atomic E-state index is -0.156. The van der Waals surface area contributed by atoms with Gasteiger partial charge < -0.3 is 10.1 Å². The second kappa shape index (κ2) is 7.01. The van der Waals surface area contributed by atoms with Gasteiger partial charge in [0.05, 0.1) is 18.0 Å². The number of fused-ring (bicyclic) bond motifs is 1. The molecule has 0 saturated heterocycles. The standard InChI is InChI=1S/C16H20N2O2/c1-3-20-16(19)12(2)10-17-11-14-7-4-6-13-8-5-9-18-15(13)14/h4-9,12,17H,3,10-11H2,1-2H3. The van der Waals surface area contributed by atoms with Crippen LogP contribution < -0.4 is 5.32 Å². The molecule has 1 aromatic heterocycles. The van der Waals surface area contributed by atoms with E-state index in [1.165, 1.54) is 0 Å². The van der Waals surface area contributed by atoms with Crippen LogP contribution in [0.25, 0.3) is 10.9 Å². The number of pyridine rings is 1. The molecule has 2 rings (SSSR count). The maximum atomic E-state index is 11.5. The summed E-state index contributed by atoms with van der Waals surface area (Å²) in [7, 11) is 0. The summed E-state index contributed by atoms with van der Waals surface area (Å²) < 4.78 is 4.99. The van der Waals surface area contributed by atoms with Crippen molar-refractivity contribution in [2.45, 2.75) is 20.4 Å². The minimum Gasteiger partial charge on any atom is -0.466 e. The number of carbonyl (C=O) groups is 1. The smallest absolute Gasteiger partial charge is 0.309 e. The molecule has 4 nitrogen and oxygen atoms in total. The second-order valence-corrected chi connectivity index (χ2v) is 4.78. The molecule has 20 heavy (non-hydrogen) atoms. The zero-order valence-corrected chi connectivity index (χ0v) is 11.9. The van der Waals surface area contributed by atoms with E-state index in [1.54, 1.807) is 6.20 Å². The molecule has 0 aliphatic carbocycles. The lowest BCUT2D eigenvalue weighted by Gasteiger charge is -2.12. The van der Waals surface area contributed by atoms with Gasteiger partial charge in [0.15, 0.2) is 0 Å². The van der Waals surface area contributed by atoms with Gasteiger partial charge in [-0.1, -0.05) is 31.2 Å². The highest BCUT2D eigenvalue weighted by Crippen LogP contribution is 2.15. The number of esters is 1. The fraction of sp³-hybridized carbons (Fsp3) is 0.375. The molecule has 0 saturated carbocycles. The number of hydrogen-bond acceptors (Lipinski definition) is 4. The van der Waals surface area contributed by atoms with E-state index in [0.717, 1.165) is 16.5 Å². The number of rotatable bonds is 6. The first-order valence-corrected chi connectivity index (χ1v) is 6.92. The van der Waals surface area contributed by atoms with Gasteiger partial charge in [0, 0.05) is 24.7 Å². The Bertz CT molecular complexity index is 578. The van der Waals surface area contributed by atoms with Crippen LogP contribution in [0, 0.1) is 5.92 Å². The molecule has 0 fully saturated rings. The Kier molecular flexibility index (Phi) is 5.07. The van der Waals surface area contributed by atoms with E-state index in [1.807, 2.05) is 38.1 Å². The van der Waals surface area contributed by atoms with Gasteiger partial charge in [0.2, 0.25) is 0 Å². The highest BCUT2D eigenvalue weighted by Gasteiger charge is 2.13. The average Bonchev–Trinajstić information content (AvgIpc) is 2.47. The fourth-order valence-corrected chi connectivity index (χ4v) is 2.10. The summed E-state index contributed by atoms with van der Waals surface area (Å²) in [6.45, 7) is 5.41. The van der Waals surface area contributed by atoms with E-state index in [0.29, 0.717) is 19.7 Å². The van der Waals surface area contributed by atoms with Crippen molar-refractivity contribution >= 4 is 16.9 Å². The quantitative estimate of drug-likeness (QED) is 0.821. The number of aromatic nitrogens is 1. The van der Waals surface area contributed by atoms with Crippen LogP contribution in [0.15, 0.2) is 36.5 Å². The minimum absolute atomic E-state index is 0.141. The van der Waals surface area contributed by atoms with E-state index < -0.39 is 0 Å². The van der Waals surface area contributed by atoms with Crippen molar-refractivity contribution < 1.29 is 9.53 Å². The summed E-state index contributed by atoms with van der Waals surface area (Å²) in [5.41, 5.74) is 2.14. The maximum Gasteiger partial charge on any atom is 0.309 e. The number of carbonyl (C=O) groups excluding carboxylic acids is 1. The summed E-state index contributed by atoms with van der Waals surface area (Å²) in [5.74, 6) is -0.297. The molecule has 0 radical (unpaired) electrons. The van der Waals surface area contributed by atoms with E-state index in [-0.39, 0.29) is 11.9 Å². The summed E-state index contributed by atoms with van der Waals surface area (Å²) in [5, 5.41) is 4.42. The monoisotopic (exact) mass is 272 g/mol. The molecule has 1 aromatic carbocycles. The maximum absolute atomic E-state index is 11.5. The Morgan fingerprint density at radius 2 is 2.15 bits per heavy atom. The Labute approximate surface area is 119 Å². The van der Waals surface area contributed by atoms with Gasteiger partial charge >= 0.3 is 5.97 Å². The van der Waals surface area contributed by atoms with E-state index in [2.05, 4.69) is 16.4 Å². The van der Waals surface area contributed by atoms with Crippen LogP contribution in [-0.2, 0) is 16.1 Å². The van der Waals surface area contributed by atoms with Gasteiger partial charge in [-0.15, -0.1) is 0 Å². The SMILES string of the molecule is CCOC(=O)C(C)CNCc1cccc2cccnc12. The van der Waals surface area contributed by atoms with Crippen LogP contribution in [0.4, 0.5) is 0 Å². The number of ether oxygens (including phenoxy) is 1. The van der Waals surface area contributed by atoms with Crippen LogP contribution >= 0.6 is 0 Å². The van der Waals surface area contributed by atoms with Gasteiger partial charge in [0.1, 0.15) is 0 Å². The lowest BCUT2D eigenvalue weighted by molar-refractivity contribution is -0.147. The van der Waals surface area contributed by atoms with Crippen LogP contribution in [0.2, 0.25) is 0 Å². The van der Waals surface area contributed by atoms with E-state index in [9.17, 15) is 4.79 Å². The fourth-order valence-electron chi connectivity index (χ4n) is 2.10. The van der Waals surface area contributed by atoms with Crippen molar-refractivity contribution in [2.75, 3.05) is 13.2 Å². The van der Waals surface area contributed by atoms with Crippen molar-refractivity contribution in [1.29, 1.82) is 0 Å². The first kappa shape index (κ1) is 14.5. The number of para-hydroxylation sites is 1. The van der Waals surface area contributed by atoms with Crippen molar-refractivity contribution in [2.24, 2.45) is 5.92 Å². The summed E-state index contributed by atoms with van der Waals surface area (Å²) >= 11 is 0. The molecule has 2 aromatic rings. The normalized spacial score (nSPS) is 12.3. The zero-order valence-electron chi connectivity index (χ0n) is 11.9. The molecule has 4 heteroatoms. The molecule has 1 heterocycles. The highest BCUT2D eigenvalue weighted by molar-refractivity contribution is 5.81. The molecule has 0 aliphatic rings. The van der Waals surface area contributed by atoms with Gasteiger partial charge in [-0.25, -0.2) is 0 Å². The Morgan fingerprint density at radius 3 is 2.95 bits per heavy atom. The topological polar surface area (TPSA) is 51.2 Å². The van der Waals surface area contributed by atoms with Crippen LogP contribution in [-0.4, -0.2) is 24.1 Å². The molecule has 106 valence electrons. The first-order chi connectivity index (χ1) is 9.72. The summed E-state index contributed by atoms with van der Waals surface area (Å²) in [4.78, 5) is 15.9. The first-order valence-electron chi connectivity index (χ1n) is 6.92. The van der Waals surface area contributed by atoms with Crippen LogP contribution in [0.3, 0.4) is 0 Å². The van der Waals surface area contributed by atoms with Crippen molar-refractivity contribution in [3.63, 3.8) is 0 Å². The van der Waals surface area contributed by atoms with Gasteiger partial charge in [-0.3, -0.25) is 9.78 Å². The Balaban J connectivity index is 1.95. The van der Waals surface area contributed by atoms with E-state index in [4.69, 9.17) is 4.74 Å². The lowest BCUT2D eigenvalue weighted by Crippen LogP contribution is -2.27. The second-order valence-electron chi connectivity index (χ2n) is 4.78. The zero-order chi connectivity index (χ0) is 14.4. The predicted octanol–water partition coefficient (Wildman–Crippen LogP) is 2.52. The van der Waals surface area contributed by atoms with Gasteiger partial charge in [-0.05, 0) is 18.6 Å². The third kappa shape index (κ3) is 3.54. The largest absolute Gasteiger partial charge is 0.466 e. The summed E-state index contributed by atoms with van der Waals surface area (Å²) in [6, 6.07) is 10.1. The third-order valence-electron chi connectivity index (χ3n) is 3.17. The number of benzene rings is 1. The molecular formula is C16H20N2O2. The molecule has 1 N–H and O–H groups in total. The third-order valence-corrected chi connectivity index (χ3v) is 3.17. The van der Waals surface area contributed by atoms with Gasteiger partial charge in [-0.2, -0.15) is 0 Å². The van der Waals surface area contributed by atoms with Crippen molar-refractivity contribution in [3.8, 4) is 0 Å². The average molecular weight is 272 g/mol. The lowest BCUT2D eigenvalue weighted by atomic mass is 10.1. The molecular weight excluding hydrogens is 252 g/mol. The number of nitrogens with zero attached hydrogens (tertiary/aromatic N) is 1. The molecule has 1 atom stereocenters. The molecule has 0 spiro atoms. The van der Waals surface area contributed by atoms with Gasteiger partial charge in [0.25, 0.3) is 0 Å². The molecule has 0 bridgehead atoms. The van der Waals surface area contributed by atoms with Crippen molar-refractivity contribution in [3.05, 3.63) is 42.1 Å². The van der Waals surface area contributed by atoms with E-state index >= 15 is 0 Å². The predicted molar refractivity (Wildman–Crippen MR) is 79.2 cm³/mol. The molecule has 1 unspecified atom stereocenters.